The lowest BCUT2D eigenvalue weighted by atomic mass is 10.2. The maximum absolute atomic E-state index is 12.5. The first-order chi connectivity index (χ1) is 12.1. The van der Waals surface area contributed by atoms with E-state index in [0.717, 1.165) is 11.0 Å². The average molecular weight is 352 g/mol. The van der Waals surface area contributed by atoms with E-state index in [-0.39, 0.29) is 11.9 Å². The third kappa shape index (κ3) is 2.94. The van der Waals surface area contributed by atoms with Crippen molar-refractivity contribution in [1.82, 2.24) is 14.8 Å². The molecule has 0 saturated heterocycles. The molecule has 0 fully saturated rings. The first kappa shape index (κ1) is 15.6. The van der Waals surface area contributed by atoms with Gasteiger partial charge in [-0.1, -0.05) is 18.2 Å². The van der Waals surface area contributed by atoms with Crippen LogP contribution in [-0.2, 0) is 0 Å². The fourth-order valence-corrected chi connectivity index (χ4v) is 3.31. The molecule has 0 aliphatic rings. The quantitative estimate of drug-likeness (QED) is 0.583. The fourth-order valence-electron chi connectivity index (χ4n) is 2.62. The van der Waals surface area contributed by atoms with Crippen LogP contribution in [0, 0.1) is 0 Å². The first-order valence-corrected chi connectivity index (χ1v) is 8.79. The Morgan fingerprint density at radius 3 is 2.92 bits per heavy atom. The van der Waals surface area contributed by atoms with E-state index >= 15 is 0 Å². The number of carbonyl (C=O) groups excluding carboxylic acids is 1. The van der Waals surface area contributed by atoms with Gasteiger partial charge in [0.2, 0.25) is 0 Å². The summed E-state index contributed by atoms with van der Waals surface area (Å²) in [5, 5.41) is 10.4. The van der Waals surface area contributed by atoms with Crippen LogP contribution in [0.1, 0.15) is 30.4 Å². The number of furan rings is 1. The highest BCUT2D eigenvalue weighted by Crippen LogP contribution is 2.30. The van der Waals surface area contributed by atoms with E-state index < -0.39 is 0 Å². The molecular weight excluding hydrogens is 336 g/mol. The molecule has 4 rings (SSSR count). The number of para-hydroxylation sites is 1. The molecule has 0 unspecified atom stereocenters. The number of aromatic nitrogens is 3. The molecule has 0 saturated carbocycles. The molecule has 1 aromatic carbocycles. The van der Waals surface area contributed by atoms with E-state index in [4.69, 9.17) is 4.42 Å². The van der Waals surface area contributed by atoms with Gasteiger partial charge in [-0.15, -0.1) is 11.3 Å². The van der Waals surface area contributed by atoms with Crippen molar-refractivity contribution in [3.8, 4) is 11.5 Å². The van der Waals surface area contributed by atoms with Gasteiger partial charge in [0.25, 0.3) is 5.91 Å². The van der Waals surface area contributed by atoms with Crippen molar-refractivity contribution in [3.63, 3.8) is 0 Å². The van der Waals surface area contributed by atoms with Crippen LogP contribution in [0.15, 0.2) is 52.4 Å². The Balaban J connectivity index is 1.57. The molecule has 7 heteroatoms. The van der Waals surface area contributed by atoms with Crippen LogP contribution >= 0.6 is 11.3 Å². The van der Waals surface area contributed by atoms with Gasteiger partial charge in [-0.25, -0.2) is 4.98 Å². The maximum atomic E-state index is 12.5. The summed E-state index contributed by atoms with van der Waals surface area (Å²) in [6.07, 6.45) is 1.62. The number of carbonyl (C=O) groups is 1. The van der Waals surface area contributed by atoms with Crippen molar-refractivity contribution in [3.05, 3.63) is 53.7 Å². The third-order valence-corrected chi connectivity index (χ3v) is 4.55. The van der Waals surface area contributed by atoms with Gasteiger partial charge in [-0.05, 0) is 32.0 Å². The van der Waals surface area contributed by atoms with Crippen molar-refractivity contribution in [2.45, 2.75) is 19.9 Å². The Labute approximate surface area is 148 Å². The summed E-state index contributed by atoms with van der Waals surface area (Å²) in [4.78, 5) is 16.9. The van der Waals surface area contributed by atoms with Crippen molar-refractivity contribution in [2.75, 3.05) is 5.32 Å². The van der Waals surface area contributed by atoms with Gasteiger partial charge in [0.05, 0.1) is 0 Å². The molecule has 6 nitrogen and oxygen atoms in total. The topological polar surface area (TPSA) is 73.0 Å². The Morgan fingerprint density at radius 1 is 1.28 bits per heavy atom. The fraction of sp³-hybridized carbons (Fsp3) is 0.167. The molecule has 0 bridgehead atoms. The molecule has 0 aliphatic carbocycles. The second kappa shape index (κ2) is 6.18. The highest BCUT2D eigenvalue weighted by Gasteiger charge is 2.16. The van der Waals surface area contributed by atoms with E-state index in [2.05, 4.69) is 15.4 Å². The summed E-state index contributed by atoms with van der Waals surface area (Å²) in [7, 11) is 0. The first-order valence-electron chi connectivity index (χ1n) is 7.91. The standard InChI is InChI=1S/C18H16N4O2S/c1-11(2)22-14(7-8-19-22)17(23)21-18-20-13(10-25-18)16-9-12-5-3-4-6-15(12)24-16/h3-11H,1-2H3,(H,20,21,23). The number of anilines is 1. The Hall–Kier alpha value is -2.93. The lowest BCUT2D eigenvalue weighted by molar-refractivity contribution is 0.101. The lowest BCUT2D eigenvalue weighted by Gasteiger charge is -2.09. The average Bonchev–Trinajstić information content (AvgIpc) is 3.32. The number of benzene rings is 1. The van der Waals surface area contributed by atoms with Crippen LogP contribution in [0.3, 0.4) is 0 Å². The minimum atomic E-state index is -0.225. The van der Waals surface area contributed by atoms with E-state index in [1.54, 1.807) is 16.9 Å². The smallest absolute Gasteiger partial charge is 0.275 e. The van der Waals surface area contributed by atoms with Gasteiger partial charge in [0.15, 0.2) is 10.9 Å². The number of hydrogen-bond acceptors (Lipinski definition) is 5. The Bertz CT molecular complexity index is 1010. The number of fused-ring (bicyclic) bond motifs is 1. The van der Waals surface area contributed by atoms with Gasteiger partial charge in [-0.3, -0.25) is 14.8 Å². The summed E-state index contributed by atoms with van der Waals surface area (Å²) in [6.45, 7) is 3.96. The largest absolute Gasteiger partial charge is 0.454 e. The van der Waals surface area contributed by atoms with Crippen LogP contribution in [0.2, 0.25) is 0 Å². The van der Waals surface area contributed by atoms with Gasteiger partial charge < -0.3 is 4.42 Å². The molecule has 4 aromatic rings. The molecule has 25 heavy (non-hydrogen) atoms. The predicted molar refractivity (Wildman–Crippen MR) is 97.9 cm³/mol. The molecule has 1 N–H and O–H groups in total. The van der Waals surface area contributed by atoms with Gasteiger partial charge in [0, 0.05) is 23.0 Å². The molecule has 0 radical (unpaired) electrons. The molecule has 3 heterocycles. The highest BCUT2D eigenvalue weighted by molar-refractivity contribution is 7.14. The second-order valence-electron chi connectivity index (χ2n) is 5.90. The minimum absolute atomic E-state index is 0.109. The molecule has 0 spiro atoms. The van der Waals surface area contributed by atoms with Crippen LogP contribution in [0.5, 0.6) is 0 Å². The van der Waals surface area contributed by atoms with Crippen molar-refractivity contribution >= 4 is 33.3 Å². The lowest BCUT2D eigenvalue weighted by Crippen LogP contribution is -2.18. The zero-order valence-electron chi connectivity index (χ0n) is 13.8. The molecule has 0 atom stereocenters. The summed E-state index contributed by atoms with van der Waals surface area (Å²) in [6, 6.07) is 11.6. The summed E-state index contributed by atoms with van der Waals surface area (Å²) in [5.41, 5.74) is 2.03. The van der Waals surface area contributed by atoms with Crippen molar-refractivity contribution < 1.29 is 9.21 Å². The monoisotopic (exact) mass is 352 g/mol. The summed E-state index contributed by atoms with van der Waals surface area (Å²) >= 11 is 1.36. The van der Waals surface area contributed by atoms with Crippen LogP contribution in [-0.4, -0.2) is 20.7 Å². The Morgan fingerprint density at radius 2 is 2.12 bits per heavy atom. The maximum Gasteiger partial charge on any atom is 0.275 e. The van der Waals surface area contributed by atoms with Crippen LogP contribution in [0.4, 0.5) is 5.13 Å². The minimum Gasteiger partial charge on any atom is -0.454 e. The molecule has 3 aromatic heterocycles. The number of amides is 1. The van der Waals surface area contributed by atoms with Gasteiger partial charge in [0.1, 0.15) is 17.0 Å². The van der Waals surface area contributed by atoms with Gasteiger partial charge >= 0.3 is 0 Å². The third-order valence-electron chi connectivity index (χ3n) is 3.79. The van der Waals surface area contributed by atoms with E-state index in [9.17, 15) is 4.79 Å². The van der Waals surface area contributed by atoms with E-state index in [1.165, 1.54) is 11.3 Å². The zero-order chi connectivity index (χ0) is 17.4. The van der Waals surface area contributed by atoms with Gasteiger partial charge in [-0.2, -0.15) is 5.10 Å². The summed E-state index contributed by atoms with van der Waals surface area (Å²) < 4.78 is 7.50. The molecule has 126 valence electrons. The number of hydrogen-bond donors (Lipinski definition) is 1. The highest BCUT2D eigenvalue weighted by atomic mass is 32.1. The zero-order valence-corrected chi connectivity index (χ0v) is 14.6. The van der Waals surface area contributed by atoms with Crippen LogP contribution < -0.4 is 5.32 Å². The van der Waals surface area contributed by atoms with Crippen molar-refractivity contribution in [2.24, 2.45) is 0 Å². The van der Waals surface area contributed by atoms with Crippen molar-refractivity contribution in [1.29, 1.82) is 0 Å². The second-order valence-corrected chi connectivity index (χ2v) is 6.75. The number of rotatable bonds is 4. The summed E-state index contributed by atoms with van der Waals surface area (Å²) in [5.74, 6) is 0.460. The normalized spacial score (nSPS) is 11.3. The van der Waals surface area contributed by atoms with E-state index in [1.807, 2.05) is 49.6 Å². The number of thiazole rings is 1. The van der Waals surface area contributed by atoms with Crippen LogP contribution in [0.25, 0.3) is 22.4 Å². The van der Waals surface area contributed by atoms with E-state index in [0.29, 0.717) is 22.3 Å². The number of nitrogens with zero attached hydrogens (tertiary/aromatic N) is 3. The molecule has 0 aliphatic heterocycles. The molecule has 1 amide bonds. The Kier molecular flexibility index (Phi) is 3.85. The number of nitrogens with one attached hydrogen (secondary N) is 1. The SMILES string of the molecule is CC(C)n1nccc1C(=O)Nc1nc(-c2cc3ccccc3o2)cs1. The predicted octanol–water partition coefficient (Wildman–Crippen LogP) is 4.59. The molecular formula is C18H16N4O2S.